The Hall–Kier alpha value is -3.43. The molecule has 1 aliphatic heterocycles. The quantitative estimate of drug-likeness (QED) is 0.184. The number of H-pyrrole nitrogens is 1. The summed E-state index contributed by atoms with van der Waals surface area (Å²) in [4.78, 5) is 18.8. The molecule has 16 heteroatoms. The van der Waals surface area contributed by atoms with Crippen LogP contribution in [0.4, 0.5) is 14.5 Å². The van der Waals surface area contributed by atoms with Gasteiger partial charge in [-0.05, 0) is 67.5 Å². The van der Waals surface area contributed by atoms with Gasteiger partial charge in [-0.15, -0.1) is 0 Å². The average Bonchev–Trinajstić information content (AvgIpc) is 4.01. The zero-order chi connectivity index (χ0) is 35.4. The highest BCUT2D eigenvalue weighted by Gasteiger charge is 2.41. The SMILES string of the molecule is O=C(O[C@@H](Cc1c(Cl)c[nH+]cc1Cl)c1ccc(OC(F)F)c(OCC2CC2)c1)c1cc(N(CCN2CCOCC2)S(=O)(=O)C2CC2)ccc1O. The number of esters is 1. The Morgan fingerprint density at radius 2 is 1.76 bits per heavy atom. The van der Waals surface area contributed by atoms with Gasteiger partial charge < -0.3 is 24.1 Å². The Morgan fingerprint density at radius 3 is 2.42 bits per heavy atom. The van der Waals surface area contributed by atoms with E-state index in [1.54, 1.807) is 0 Å². The number of pyridine rings is 1. The molecule has 0 unspecified atom stereocenters. The summed E-state index contributed by atoms with van der Waals surface area (Å²) < 4.78 is 76.9. The summed E-state index contributed by atoms with van der Waals surface area (Å²) in [6.07, 6.45) is 4.86. The topological polar surface area (TPSA) is 129 Å². The average molecular weight is 758 g/mol. The number of carbonyl (C=O) groups is 1. The molecule has 2 aliphatic carbocycles. The molecule has 2 heterocycles. The van der Waals surface area contributed by atoms with Gasteiger partial charge in [0.25, 0.3) is 0 Å². The van der Waals surface area contributed by atoms with Crippen LogP contribution in [-0.2, 0) is 25.9 Å². The molecule has 3 fully saturated rings. The highest BCUT2D eigenvalue weighted by Crippen LogP contribution is 2.39. The molecule has 11 nitrogen and oxygen atoms in total. The molecule has 1 saturated heterocycles. The van der Waals surface area contributed by atoms with Crippen LogP contribution in [0, 0.1) is 5.92 Å². The van der Waals surface area contributed by atoms with Crippen LogP contribution in [0.2, 0.25) is 10.0 Å². The monoisotopic (exact) mass is 756 g/mol. The van der Waals surface area contributed by atoms with Gasteiger partial charge in [0, 0.05) is 38.2 Å². The minimum absolute atomic E-state index is 0.0420. The second-order valence-corrected chi connectivity index (χ2v) is 15.5. The number of sulfonamides is 1. The molecule has 270 valence electrons. The maximum Gasteiger partial charge on any atom is 0.387 e. The molecule has 50 heavy (non-hydrogen) atoms. The van der Waals surface area contributed by atoms with Crippen LogP contribution < -0.4 is 18.8 Å². The number of rotatable bonds is 16. The van der Waals surface area contributed by atoms with Crippen molar-refractivity contribution in [2.75, 3.05) is 50.3 Å². The summed E-state index contributed by atoms with van der Waals surface area (Å²) in [5.41, 5.74) is 0.725. The van der Waals surface area contributed by atoms with Crippen LogP contribution in [0.15, 0.2) is 48.8 Å². The summed E-state index contributed by atoms with van der Waals surface area (Å²) >= 11 is 12.9. The van der Waals surface area contributed by atoms with Crippen LogP contribution in [0.5, 0.6) is 17.2 Å². The maximum absolute atomic E-state index is 13.9. The third kappa shape index (κ3) is 9.07. The third-order valence-corrected chi connectivity index (χ3v) is 11.8. The van der Waals surface area contributed by atoms with Gasteiger partial charge in [0.2, 0.25) is 10.0 Å². The Bertz CT molecular complexity index is 1770. The molecule has 3 aromatic rings. The molecule has 0 radical (unpaired) electrons. The van der Waals surface area contributed by atoms with Gasteiger partial charge in [-0.25, -0.2) is 18.2 Å². The second-order valence-electron chi connectivity index (χ2n) is 12.5. The third-order valence-electron chi connectivity index (χ3n) is 8.83. The van der Waals surface area contributed by atoms with E-state index in [4.69, 9.17) is 37.4 Å². The van der Waals surface area contributed by atoms with Crippen molar-refractivity contribution in [2.24, 2.45) is 5.92 Å². The van der Waals surface area contributed by atoms with Crippen LogP contribution in [0.3, 0.4) is 0 Å². The lowest BCUT2D eigenvalue weighted by atomic mass is 10.0. The van der Waals surface area contributed by atoms with Crippen LogP contribution >= 0.6 is 23.2 Å². The van der Waals surface area contributed by atoms with E-state index in [1.807, 2.05) is 0 Å². The van der Waals surface area contributed by atoms with Gasteiger partial charge in [-0.3, -0.25) is 9.21 Å². The van der Waals surface area contributed by atoms with Gasteiger partial charge in [-0.2, -0.15) is 8.78 Å². The number of morpholine rings is 1. The molecular formula is C34H38Cl2F2N3O8S+. The Kier molecular flexibility index (Phi) is 11.5. The standard InChI is InChI=1S/C34H37Cl2F2N3O8S/c35-27-18-39-19-28(36)25(27)17-31(22-3-8-30(49-34(37)38)32(15-22)47-20-21-1-2-21)48-33(43)26-16-23(4-7-29(26)42)41(50(44,45)24-5-6-24)10-9-40-11-13-46-14-12-40/h3-4,7-8,15-16,18-19,21,24,31,34,42H,1-2,5-6,9-14,17,20H2/p+1/t31-/m0/s1. The summed E-state index contributed by atoms with van der Waals surface area (Å²) in [5, 5.41) is 10.8. The molecule has 1 aromatic heterocycles. The van der Waals surface area contributed by atoms with Gasteiger partial charge in [0.1, 0.15) is 27.5 Å². The summed E-state index contributed by atoms with van der Waals surface area (Å²) in [7, 11) is -3.75. The van der Waals surface area contributed by atoms with Crippen molar-refractivity contribution in [3.8, 4) is 17.2 Å². The number of benzene rings is 2. The van der Waals surface area contributed by atoms with Crippen molar-refractivity contribution in [1.29, 1.82) is 0 Å². The first-order valence-corrected chi connectivity index (χ1v) is 18.7. The fourth-order valence-electron chi connectivity index (χ4n) is 5.65. The number of nitrogens with one attached hydrogen (secondary N) is 1. The fourth-order valence-corrected chi connectivity index (χ4v) is 8.02. The zero-order valence-electron chi connectivity index (χ0n) is 27.0. The number of alkyl halides is 2. The number of aromatic amines is 1. The normalized spacial score (nSPS) is 17.4. The molecule has 2 N–H and O–H groups in total. The van der Waals surface area contributed by atoms with E-state index in [2.05, 4.69) is 14.6 Å². The van der Waals surface area contributed by atoms with Gasteiger partial charge in [0.15, 0.2) is 23.9 Å². The van der Waals surface area contributed by atoms with E-state index < -0.39 is 39.7 Å². The number of carbonyl (C=O) groups excluding carboxylic acids is 1. The summed E-state index contributed by atoms with van der Waals surface area (Å²) in [6, 6.07) is 8.23. The lowest BCUT2D eigenvalue weighted by Gasteiger charge is -2.31. The molecule has 6 rings (SSSR count). The summed E-state index contributed by atoms with van der Waals surface area (Å²) in [5.74, 6) is -1.22. The number of hydrogen-bond acceptors (Lipinski definition) is 9. The van der Waals surface area contributed by atoms with E-state index in [1.165, 1.54) is 53.1 Å². The van der Waals surface area contributed by atoms with E-state index in [0.29, 0.717) is 69.3 Å². The number of phenols is 1. The van der Waals surface area contributed by atoms with Gasteiger partial charge in [-0.1, -0.05) is 29.3 Å². The van der Waals surface area contributed by atoms with Crippen molar-refractivity contribution in [3.05, 3.63) is 75.5 Å². The number of anilines is 1. The molecule has 2 aromatic carbocycles. The molecule has 0 spiro atoms. The van der Waals surface area contributed by atoms with E-state index in [9.17, 15) is 27.1 Å². The predicted molar refractivity (Wildman–Crippen MR) is 181 cm³/mol. The van der Waals surface area contributed by atoms with E-state index in [0.717, 1.165) is 12.8 Å². The number of ether oxygens (including phenoxy) is 4. The highest BCUT2D eigenvalue weighted by molar-refractivity contribution is 7.93. The van der Waals surface area contributed by atoms with Gasteiger partial charge in [0.05, 0.1) is 30.8 Å². The van der Waals surface area contributed by atoms with Crippen molar-refractivity contribution in [3.63, 3.8) is 0 Å². The van der Waals surface area contributed by atoms with E-state index in [-0.39, 0.29) is 45.8 Å². The lowest BCUT2D eigenvalue weighted by Crippen LogP contribution is -2.44. The molecule has 0 bridgehead atoms. The number of halogens is 4. The first-order valence-electron chi connectivity index (χ1n) is 16.4. The molecule has 0 amide bonds. The van der Waals surface area contributed by atoms with Crippen molar-refractivity contribution in [2.45, 2.75) is 50.1 Å². The number of aromatic hydroxyl groups is 1. The number of aromatic nitrogens is 1. The Labute approximate surface area is 299 Å². The van der Waals surface area contributed by atoms with E-state index >= 15 is 0 Å². The summed E-state index contributed by atoms with van der Waals surface area (Å²) in [6.45, 7) is 0.238. The largest absolute Gasteiger partial charge is 0.507 e. The number of phenolic OH excluding ortho intramolecular Hbond substituents is 1. The lowest BCUT2D eigenvalue weighted by molar-refractivity contribution is -0.377. The second kappa shape index (κ2) is 15.9. The molecule has 2 saturated carbocycles. The molecule has 1 atom stereocenters. The van der Waals surface area contributed by atoms with Crippen LogP contribution in [-0.4, -0.2) is 82.3 Å². The fraction of sp³-hybridized carbons (Fsp3) is 0.471. The van der Waals surface area contributed by atoms with Crippen molar-refractivity contribution >= 4 is 44.9 Å². The van der Waals surface area contributed by atoms with Crippen molar-refractivity contribution < 1.29 is 51.0 Å². The highest BCUT2D eigenvalue weighted by atomic mass is 35.5. The number of nitrogens with zero attached hydrogens (tertiary/aromatic N) is 2. The Balaban J connectivity index is 1.31. The van der Waals surface area contributed by atoms with Crippen LogP contribution in [0.1, 0.15) is 53.3 Å². The maximum atomic E-state index is 13.9. The first-order chi connectivity index (χ1) is 24.0. The number of hydrogen-bond donors (Lipinski definition) is 1. The zero-order valence-corrected chi connectivity index (χ0v) is 29.4. The predicted octanol–water partition coefficient (Wildman–Crippen LogP) is 5.67. The molecular weight excluding hydrogens is 719 g/mol. The first kappa shape index (κ1) is 36.4. The smallest absolute Gasteiger partial charge is 0.387 e. The minimum Gasteiger partial charge on any atom is -0.507 e. The van der Waals surface area contributed by atoms with Crippen molar-refractivity contribution in [1.82, 2.24) is 4.90 Å². The van der Waals surface area contributed by atoms with Crippen LogP contribution in [0.25, 0.3) is 0 Å². The molecule has 3 aliphatic rings. The minimum atomic E-state index is -3.75. The van der Waals surface area contributed by atoms with Gasteiger partial charge >= 0.3 is 12.6 Å². The Morgan fingerprint density at radius 1 is 1.04 bits per heavy atom.